The molecule has 114 valence electrons. The van der Waals surface area contributed by atoms with Gasteiger partial charge in [0.05, 0.1) is 17.1 Å². The van der Waals surface area contributed by atoms with Gasteiger partial charge in [-0.1, -0.05) is 11.6 Å². The molecule has 0 amide bonds. The number of hydrogen-bond donors (Lipinski definition) is 0. The summed E-state index contributed by atoms with van der Waals surface area (Å²) in [5.41, 5.74) is 0.0117. The third kappa shape index (κ3) is 3.60. The molecule has 5 nitrogen and oxygen atoms in total. The SMILES string of the molecule is CCOc1cc2c(I)nn(C(=O)OC(C)(C)C)c2cc1Cl. The van der Waals surface area contributed by atoms with Gasteiger partial charge >= 0.3 is 6.09 Å². The number of aromatic nitrogens is 2. The van der Waals surface area contributed by atoms with Crippen molar-refractivity contribution in [2.24, 2.45) is 0 Å². The van der Waals surface area contributed by atoms with Crippen LogP contribution in [0.2, 0.25) is 5.02 Å². The van der Waals surface area contributed by atoms with Crippen LogP contribution in [0.15, 0.2) is 12.1 Å². The zero-order valence-corrected chi connectivity index (χ0v) is 15.2. The molecule has 0 radical (unpaired) electrons. The lowest BCUT2D eigenvalue weighted by Gasteiger charge is -2.19. The molecule has 0 spiro atoms. The summed E-state index contributed by atoms with van der Waals surface area (Å²) in [7, 11) is 0. The largest absolute Gasteiger partial charge is 0.492 e. The topological polar surface area (TPSA) is 53.4 Å². The van der Waals surface area contributed by atoms with Crippen LogP contribution in [0.4, 0.5) is 4.79 Å². The maximum absolute atomic E-state index is 12.2. The Balaban J connectivity index is 2.52. The molecule has 1 aromatic heterocycles. The van der Waals surface area contributed by atoms with Crippen molar-refractivity contribution in [3.63, 3.8) is 0 Å². The molecule has 0 aliphatic carbocycles. The number of benzene rings is 1. The zero-order valence-electron chi connectivity index (χ0n) is 12.2. The zero-order chi connectivity index (χ0) is 15.8. The Morgan fingerprint density at radius 2 is 2.10 bits per heavy atom. The fourth-order valence-electron chi connectivity index (χ4n) is 1.79. The normalized spacial score (nSPS) is 11.7. The minimum atomic E-state index is -0.587. The smallest absolute Gasteiger partial charge is 0.435 e. The van der Waals surface area contributed by atoms with Crippen molar-refractivity contribution >= 4 is 51.2 Å². The number of ether oxygens (including phenoxy) is 2. The standard InChI is InChI=1S/C14H16ClIN2O3/c1-5-20-11-6-8-10(7-9(11)15)18(17-12(8)16)13(19)21-14(2,3)4/h6-7H,5H2,1-4H3. The Morgan fingerprint density at radius 3 is 2.67 bits per heavy atom. The molecule has 0 saturated carbocycles. The predicted octanol–water partition coefficient (Wildman–Crippen LogP) is 4.48. The molecule has 0 aliphatic heterocycles. The Bertz CT molecular complexity index is 692. The molecule has 1 aromatic carbocycles. The average molecular weight is 423 g/mol. The fraction of sp³-hybridized carbons (Fsp3) is 0.429. The van der Waals surface area contributed by atoms with E-state index in [0.717, 1.165) is 5.39 Å². The fourth-order valence-corrected chi connectivity index (χ4v) is 2.65. The van der Waals surface area contributed by atoms with Gasteiger partial charge in [-0.25, -0.2) is 4.79 Å². The molecule has 1 heterocycles. The van der Waals surface area contributed by atoms with Gasteiger partial charge < -0.3 is 9.47 Å². The van der Waals surface area contributed by atoms with Gasteiger partial charge in [0.25, 0.3) is 0 Å². The number of fused-ring (bicyclic) bond motifs is 1. The summed E-state index contributed by atoms with van der Waals surface area (Å²) in [6, 6.07) is 3.46. The Kier molecular flexibility index (Phi) is 4.67. The van der Waals surface area contributed by atoms with Gasteiger partial charge in [-0.15, -0.1) is 0 Å². The van der Waals surface area contributed by atoms with Crippen LogP contribution in [0, 0.1) is 3.70 Å². The van der Waals surface area contributed by atoms with Crippen LogP contribution in [0.25, 0.3) is 10.9 Å². The maximum Gasteiger partial charge on any atom is 0.435 e. The summed E-state index contributed by atoms with van der Waals surface area (Å²) < 4.78 is 12.7. The van der Waals surface area contributed by atoms with Crippen LogP contribution in [0.3, 0.4) is 0 Å². The van der Waals surface area contributed by atoms with Gasteiger partial charge in [-0.3, -0.25) is 0 Å². The summed E-state index contributed by atoms with van der Waals surface area (Å²) in [4.78, 5) is 12.2. The molecule has 7 heteroatoms. The molecule has 0 atom stereocenters. The van der Waals surface area contributed by atoms with Gasteiger partial charge in [0.1, 0.15) is 15.1 Å². The Morgan fingerprint density at radius 1 is 1.43 bits per heavy atom. The summed E-state index contributed by atoms with van der Waals surface area (Å²) in [6.45, 7) is 7.82. The van der Waals surface area contributed by atoms with Crippen molar-refractivity contribution < 1.29 is 14.3 Å². The third-order valence-electron chi connectivity index (χ3n) is 2.55. The summed E-state index contributed by atoms with van der Waals surface area (Å²) >= 11 is 8.25. The van der Waals surface area contributed by atoms with Crippen LogP contribution in [0.1, 0.15) is 27.7 Å². The van der Waals surface area contributed by atoms with Crippen LogP contribution in [-0.2, 0) is 4.74 Å². The first kappa shape index (κ1) is 16.4. The number of halogens is 2. The first-order valence-electron chi connectivity index (χ1n) is 6.47. The van der Waals surface area contributed by atoms with Gasteiger partial charge in [-0.05, 0) is 62.4 Å². The summed E-state index contributed by atoms with van der Waals surface area (Å²) in [5.74, 6) is 0.577. The van der Waals surface area contributed by atoms with E-state index in [1.807, 2.05) is 27.7 Å². The number of hydrogen-bond acceptors (Lipinski definition) is 4. The number of carbonyl (C=O) groups excluding carboxylic acids is 1. The van der Waals surface area contributed by atoms with Gasteiger partial charge in [0.2, 0.25) is 0 Å². The molecule has 0 saturated heterocycles. The average Bonchev–Trinajstić information content (AvgIpc) is 2.65. The predicted molar refractivity (Wildman–Crippen MR) is 90.3 cm³/mol. The van der Waals surface area contributed by atoms with Crippen molar-refractivity contribution in [2.75, 3.05) is 6.61 Å². The second kappa shape index (κ2) is 6.00. The van der Waals surface area contributed by atoms with E-state index in [1.165, 1.54) is 4.68 Å². The lowest BCUT2D eigenvalue weighted by atomic mass is 10.2. The van der Waals surface area contributed by atoms with E-state index in [4.69, 9.17) is 21.1 Å². The summed E-state index contributed by atoms with van der Waals surface area (Å²) in [6.07, 6.45) is -0.532. The highest BCUT2D eigenvalue weighted by molar-refractivity contribution is 14.1. The molecule has 21 heavy (non-hydrogen) atoms. The van der Waals surface area contributed by atoms with Crippen molar-refractivity contribution in [1.82, 2.24) is 9.78 Å². The number of carbonyl (C=O) groups is 1. The highest BCUT2D eigenvalue weighted by Crippen LogP contribution is 2.32. The van der Waals surface area contributed by atoms with Crippen LogP contribution in [0.5, 0.6) is 5.75 Å². The third-order valence-corrected chi connectivity index (χ3v) is 3.65. The van der Waals surface area contributed by atoms with E-state index in [2.05, 4.69) is 27.7 Å². The van der Waals surface area contributed by atoms with Crippen molar-refractivity contribution in [2.45, 2.75) is 33.3 Å². The monoisotopic (exact) mass is 422 g/mol. The highest BCUT2D eigenvalue weighted by atomic mass is 127. The summed E-state index contributed by atoms with van der Waals surface area (Å²) in [5, 5.41) is 5.47. The van der Waals surface area contributed by atoms with E-state index in [9.17, 15) is 4.79 Å². The molecule has 0 aliphatic rings. The van der Waals surface area contributed by atoms with E-state index in [0.29, 0.717) is 26.6 Å². The van der Waals surface area contributed by atoms with E-state index in [-0.39, 0.29) is 0 Å². The quantitative estimate of drug-likeness (QED) is 0.670. The van der Waals surface area contributed by atoms with Crippen LogP contribution >= 0.6 is 34.2 Å². The molecular weight excluding hydrogens is 407 g/mol. The molecule has 0 unspecified atom stereocenters. The van der Waals surface area contributed by atoms with Crippen LogP contribution < -0.4 is 4.74 Å². The minimum Gasteiger partial charge on any atom is -0.492 e. The Hall–Kier alpha value is -1.02. The maximum atomic E-state index is 12.2. The molecular formula is C14H16ClIN2O3. The van der Waals surface area contributed by atoms with Crippen molar-refractivity contribution in [3.05, 3.63) is 20.9 Å². The van der Waals surface area contributed by atoms with E-state index in [1.54, 1.807) is 12.1 Å². The van der Waals surface area contributed by atoms with Gasteiger partial charge in [-0.2, -0.15) is 9.78 Å². The molecule has 0 N–H and O–H groups in total. The van der Waals surface area contributed by atoms with E-state index >= 15 is 0 Å². The lowest BCUT2D eigenvalue weighted by molar-refractivity contribution is 0.0522. The first-order chi connectivity index (χ1) is 9.73. The molecule has 2 aromatic rings. The number of rotatable bonds is 2. The first-order valence-corrected chi connectivity index (χ1v) is 7.92. The lowest BCUT2D eigenvalue weighted by Crippen LogP contribution is -2.27. The van der Waals surface area contributed by atoms with E-state index < -0.39 is 11.7 Å². The van der Waals surface area contributed by atoms with Gasteiger partial charge in [0.15, 0.2) is 0 Å². The molecule has 0 bridgehead atoms. The van der Waals surface area contributed by atoms with Crippen molar-refractivity contribution in [1.29, 1.82) is 0 Å². The number of nitrogens with zero attached hydrogens (tertiary/aromatic N) is 2. The minimum absolute atomic E-state index is 0.436. The molecule has 0 fully saturated rings. The second-order valence-corrected chi connectivity index (χ2v) is 6.84. The van der Waals surface area contributed by atoms with Gasteiger partial charge in [0, 0.05) is 5.39 Å². The second-order valence-electron chi connectivity index (χ2n) is 5.42. The van der Waals surface area contributed by atoms with Crippen molar-refractivity contribution in [3.8, 4) is 5.75 Å². The molecule has 2 rings (SSSR count). The van der Waals surface area contributed by atoms with Crippen LogP contribution in [-0.4, -0.2) is 28.1 Å². The Labute approximate surface area is 141 Å². The highest BCUT2D eigenvalue weighted by Gasteiger charge is 2.22.